The summed E-state index contributed by atoms with van der Waals surface area (Å²) in [6.45, 7) is 4.36. The Labute approximate surface area is 181 Å². The molecule has 0 saturated carbocycles. The van der Waals surface area contributed by atoms with Crippen LogP contribution in [0.1, 0.15) is 11.4 Å². The van der Waals surface area contributed by atoms with E-state index in [1.54, 1.807) is 10.6 Å². The van der Waals surface area contributed by atoms with Gasteiger partial charge < -0.3 is 10.1 Å². The van der Waals surface area contributed by atoms with Gasteiger partial charge >= 0.3 is 6.18 Å². The number of allylic oxidation sites excluding steroid dienone is 1. The minimum absolute atomic E-state index is 0.00976. The van der Waals surface area contributed by atoms with E-state index in [2.05, 4.69) is 22.1 Å². The molecule has 10 heteroatoms. The molecule has 0 saturated heterocycles. The van der Waals surface area contributed by atoms with Gasteiger partial charge in [-0.1, -0.05) is 36.0 Å². The standard InChI is InChI=1S/C21H19F3N4O2S/c1-2-12-28-18(13-30-17-6-4-3-5-7-17)26-27-20(28)31-14-19(29)25-16-10-8-15(9-11-16)21(22,23)24/h2-11H,1,12-14H2,(H,25,29). The number of nitrogens with one attached hydrogen (secondary N) is 1. The zero-order valence-electron chi connectivity index (χ0n) is 16.3. The summed E-state index contributed by atoms with van der Waals surface area (Å²) in [7, 11) is 0. The van der Waals surface area contributed by atoms with Gasteiger partial charge in [-0.2, -0.15) is 13.2 Å². The summed E-state index contributed by atoms with van der Waals surface area (Å²) in [6, 6.07) is 13.5. The number of halogens is 3. The van der Waals surface area contributed by atoms with Crippen molar-refractivity contribution in [3.05, 3.63) is 78.6 Å². The number of hydrogen-bond donors (Lipinski definition) is 1. The van der Waals surface area contributed by atoms with Gasteiger partial charge in [-0.15, -0.1) is 16.8 Å². The predicted molar refractivity (Wildman–Crippen MR) is 112 cm³/mol. The largest absolute Gasteiger partial charge is 0.486 e. The third-order valence-electron chi connectivity index (χ3n) is 4.04. The highest BCUT2D eigenvalue weighted by Gasteiger charge is 2.30. The summed E-state index contributed by atoms with van der Waals surface area (Å²) < 4.78 is 45.4. The van der Waals surface area contributed by atoms with Crippen molar-refractivity contribution in [2.75, 3.05) is 11.1 Å². The van der Waals surface area contributed by atoms with Crippen LogP contribution in [0.15, 0.2) is 72.4 Å². The Kier molecular flexibility index (Phi) is 7.35. The Morgan fingerprint density at radius 3 is 2.48 bits per heavy atom. The molecule has 1 N–H and O–H groups in total. The van der Waals surface area contributed by atoms with Crippen LogP contribution in [0.4, 0.5) is 18.9 Å². The molecule has 0 aliphatic heterocycles. The number of anilines is 1. The zero-order chi connectivity index (χ0) is 22.3. The van der Waals surface area contributed by atoms with Crippen molar-refractivity contribution >= 4 is 23.4 Å². The van der Waals surface area contributed by atoms with Crippen LogP contribution in [0.5, 0.6) is 5.75 Å². The summed E-state index contributed by atoms with van der Waals surface area (Å²) in [5.41, 5.74) is -0.495. The second-order valence-corrected chi connectivity index (χ2v) is 7.25. The van der Waals surface area contributed by atoms with E-state index >= 15 is 0 Å². The normalized spacial score (nSPS) is 11.2. The number of rotatable bonds is 9. The molecule has 0 spiro atoms. The van der Waals surface area contributed by atoms with Crippen LogP contribution in [-0.4, -0.2) is 26.4 Å². The number of ether oxygens (including phenoxy) is 1. The molecule has 1 heterocycles. The van der Waals surface area contributed by atoms with Crippen molar-refractivity contribution in [3.63, 3.8) is 0 Å². The number of alkyl halides is 3. The Bertz CT molecular complexity index is 1020. The van der Waals surface area contributed by atoms with E-state index in [0.717, 1.165) is 23.9 Å². The minimum atomic E-state index is -4.42. The van der Waals surface area contributed by atoms with E-state index in [-0.39, 0.29) is 24.0 Å². The van der Waals surface area contributed by atoms with Crippen molar-refractivity contribution in [3.8, 4) is 5.75 Å². The van der Waals surface area contributed by atoms with Gasteiger partial charge in [-0.3, -0.25) is 9.36 Å². The lowest BCUT2D eigenvalue weighted by Gasteiger charge is -2.10. The highest BCUT2D eigenvalue weighted by atomic mass is 32.2. The molecule has 31 heavy (non-hydrogen) atoms. The average molecular weight is 448 g/mol. The first kappa shape index (κ1) is 22.4. The summed E-state index contributed by atoms with van der Waals surface area (Å²) in [5.74, 6) is 0.908. The second kappa shape index (κ2) is 10.2. The first-order chi connectivity index (χ1) is 14.9. The molecule has 1 aromatic heterocycles. The Balaban J connectivity index is 1.58. The Morgan fingerprint density at radius 1 is 1.13 bits per heavy atom. The topological polar surface area (TPSA) is 69.0 Å². The lowest BCUT2D eigenvalue weighted by Crippen LogP contribution is -2.15. The maximum Gasteiger partial charge on any atom is 0.416 e. The molecule has 0 aliphatic rings. The van der Waals surface area contributed by atoms with Gasteiger partial charge in [0.05, 0.1) is 11.3 Å². The van der Waals surface area contributed by atoms with Crippen LogP contribution in [0.25, 0.3) is 0 Å². The highest BCUT2D eigenvalue weighted by Crippen LogP contribution is 2.30. The van der Waals surface area contributed by atoms with Crippen LogP contribution in [0.2, 0.25) is 0 Å². The minimum Gasteiger partial charge on any atom is -0.486 e. The number of carbonyl (C=O) groups excluding carboxylic acids is 1. The zero-order valence-corrected chi connectivity index (χ0v) is 17.1. The monoisotopic (exact) mass is 448 g/mol. The molecule has 1 amide bonds. The lowest BCUT2D eigenvalue weighted by atomic mass is 10.2. The van der Waals surface area contributed by atoms with Crippen LogP contribution in [0.3, 0.4) is 0 Å². The average Bonchev–Trinajstić information content (AvgIpc) is 3.13. The smallest absolute Gasteiger partial charge is 0.416 e. The summed E-state index contributed by atoms with van der Waals surface area (Å²) >= 11 is 1.16. The fourth-order valence-electron chi connectivity index (χ4n) is 2.58. The van der Waals surface area contributed by atoms with Crippen molar-refractivity contribution in [1.29, 1.82) is 0 Å². The molecule has 0 aliphatic carbocycles. The van der Waals surface area contributed by atoms with E-state index in [1.807, 2.05) is 30.3 Å². The third kappa shape index (κ3) is 6.35. The predicted octanol–water partition coefficient (Wildman–Crippen LogP) is 4.79. The van der Waals surface area contributed by atoms with Crippen molar-refractivity contribution in [2.24, 2.45) is 0 Å². The molecule has 0 unspecified atom stereocenters. The Morgan fingerprint density at radius 2 is 1.84 bits per heavy atom. The van der Waals surface area contributed by atoms with Crippen molar-refractivity contribution < 1.29 is 22.7 Å². The molecule has 3 rings (SSSR count). The van der Waals surface area contributed by atoms with Gasteiger partial charge in [0.1, 0.15) is 12.4 Å². The van der Waals surface area contributed by atoms with Gasteiger partial charge in [-0.05, 0) is 36.4 Å². The molecule has 162 valence electrons. The van der Waals surface area contributed by atoms with Crippen molar-refractivity contribution in [2.45, 2.75) is 24.5 Å². The molecular weight excluding hydrogens is 429 g/mol. The highest BCUT2D eigenvalue weighted by molar-refractivity contribution is 7.99. The van der Waals surface area contributed by atoms with Gasteiger partial charge in [-0.25, -0.2) is 0 Å². The molecule has 6 nitrogen and oxygen atoms in total. The molecule has 0 radical (unpaired) electrons. The molecule has 0 fully saturated rings. The van der Waals surface area contributed by atoms with Gasteiger partial charge in [0.15, 0.2) is 11.0 Å². The SMILES string of the molecule is C=CCn1c(COc2ccccc2)nnc1SCC(=O)Nc1ccc(C(F)(F)F)cc1. The van der Waals surface area contributed by atoms with Gasteiger partial charge in [0.2, 0.25) is 5.91 Å². The van der Waals surface area contributed by atoms with E-state index < -0.39 is 11.7 Å². The number of amides is 1. The lowest BCUT2D eigenvalue weighted by molar-refractivity contribution is -0.137. The molecular formula is C21H19F3N4O2S. The van der Waals surface area contributed by atoms with Gasteiger partial charge in [0, 0.05) is 12.2 Å². The molecule has 0 atom stereocenters. The summed E-state index contributed by atoms with van der Waals surface area (Å²) in [5, 5.41) is 11.3. The molecule has 0 bridgehead atoms. The van der Waals surface area contributed by atoms with Crippen LogP contribution in [0, 0.1) is 0 Å². The number of para-hydroxylation sites is 1. The summed E-state index contributed by atoms with van der Waals surface area (Å²) in [4.78, 5) is 12.2. The number of hydrogen-bond acceptors (Lipinski definition) is 5. The number of thioether (sulfide) groups is 1. The first-order valence-electron chi connectivity index (χ1n) is 9.17. The van der Waals surface area contributed by atoms with E-state index in [4.69, 9.17) is 4.74 Å². The quantitative estimate of drug-likeness (QED) is 0.377. The number of carbonyl (C=O) groups is 1. The van der Waals surface area contributed by atoms with Crippen LogP contribution < -0.4 is 10.1 Å². The van der Waals surface area contributed by atoms with Gasteiger partial charge in [0.25, 0.3) is 0 Å². The number of aromatic nitrogens is 3. The van der Waals surface area contributed by atoms with Crippen molar-refractivity contribution in [1.82, 2.24) is 14.8 Å². The van der Waals surface area contributed by atoms with Crippen LogP contribution >= 0.6 is 11.8 Å². The Hall–Kier alpha value is -3.27. The third-order valence-corrected chi connectivity index (χ3v) is 5.01. The van der Waals surface area contributed by atoms with Crippen LogP contribution in [-0.2, 0) is 24.1 Å². The van der Waals surface area contributed by atoms with E-state index in [1.165, 1.54) is 12.1 Å². The fraction of sp³-hybridized carbons (Fsp3) is 0.190. The molecule has 3 aromatic rings. The number of benzene rings is 2. The maximum absolute atomic E-state index is 12.6. The van der Waals surface area contributed by atoms with E-state index in [0.29, 0.717) is 23.3 Å². The number of nitrogens with zero attached hydrogens (tertiary/aromatic N) is 3. The summed E-state index contributed by atoms with van der Waals surface area (Å²) in [6.07, 6.45) is -2.74. The molecule has 2 aromatic carbocycles. The fourth-order valence-corrected chi connectivity index (χ4v) is 3.35. The first-order valence-corrected chi connectivity index (χ1v) is 10.2. The second-order valence-electron chi connectivity index (χ2n) is 6.31. The van der Waals surface area contributed by atoms with E-state index in [9.17, 15) is 18.0 Å². The maximum atomic E-state index is 12.6.